The molecule has 0 aliphatic heterocycles. The number of hydrogen-bond acceptors (Lipinski definition) is 3. The van der Waals surface area contributed by atoms with Crippen molar-refractivity contribution in [3.63, 3.8) is 0 Å². The Labute approximate surface area is 145 Å². The Morgan fingerprint density at radius 3 is 2.75 bits per heavy atom. The Hall–Kier alpha value is -2.40. The third-order valence-electron chi connectivity index (χ3n) is 4.23. The minimum Gasteiger partial charge on any atom is -0.334 e. The molecule has 4 rings (SSSR count). The maximum Gasteiger partial charge on any atom is 0.227 e. The standard InChI is InChI=1S/C19H19N3OS/c23-19(21(16-8-9-16)14-18-7-4-10-24-18)11-15-12-20-22(13-15)17-5-2-1-3-6-17/h1-7,10,12-13,16H,8-9,11,14H2. The highest BCUT2D eigenvalue weighted by molar-refractivity contribution is 7.09. The fourth-order valence-electron chi connectivity index (χ4n) is 2.83. The molecule has 4 nitrogen and oxygen atoms in total. The molecule has 1 aliphatic carbocycles. The molecule has 0 spiro atoms. The molecular formula is C19H19N3OS. The van der Waals surface area contributed by atoms with Gasteiger partial charge in [-0.3, -0.25) is 4.79 Å². The monoisotopic (exact) mass is 337 g/mol. The van der Waals surface area contributed by atoms with Gasteiger partial charge in [0.2, 0.25) is 5.91 Å². The molecule has 0 bridgehead atoms. The van der Waals surface area contributed by atoms with Gasteiger partial charge in [-0.15, -0.1) is 11.3 Å². The molecule has 1 aromatic carbocycles. The number of carbonyl (C=O) groups is 1. The second-order valence-electron chi connectivity index (χ2n) is 6.14. The molecular weight excluding hydrogens is 318 g/mol. The van der Waals surface area contributed by atoms with Crippen LogP contribution in [0.1, 0.15) is 23.3 Å². The minimum atomic E-state index is 0.193. The first-order valence-electron chi connectivity index (χ1n) is 8.20. The Morgan fingerprint density at radius 1 is 1.21 bits per heavy atom. The van der Waals surface area contributed by atoms with Crippen LogP contribution in [-0.2, 0) is 17.8 Å². The Morgan fingerprint density at radius 2 is 2.04 bits per heavy atom. The van der Waals surface area contributed by atoms with Crippen LogP contribution in [0.4, 0.5) is 0 Å². The lowest BCUT2D eigenvalue weighted by atomic mass is 10.2. The SMILES string of the molecule is O=C(Cc1cnn(-c2ccccc2)c1)N(Cc1cccs1)C1CC1. The summed E-state index contributed by atoms with van der Waals surface area (Å²) in [5, 5.41) is 6.45. The molecule has 3 aromatic rings. The molecule has 24 heavy (non-hydrogen) atoms. The highest BCUT2D eigenvalue weighted by Gasteiger charge is 2.32. The van der Waals surface area contributed by atoms with Crippen LogP contribution in [-0.4, -0.2) is 26.6 Å². The molecule has 122 valence electrons. The highest BCUT2D eigenvalue weighted by atomic mass is 32.1. The van der Waals surface area contributed by atoms with Gasteiger partial charge in [0.1, 0.15) is 0 Å². The summed E-state index contributed by atoms with van der Waals surface area (Å²) in [5.41, 5.74) is 1.97. The fraction of sp³-hybridized carbons (Fsp3) is 0.263. The molecule has 1 aliphatic rings. The molecule has 0 N–H and O–H groups in total. The van der Waals surface area contributed by atoms with Crippen molar-refractivity contribution in [2.24, 2.45) is 0 Å². The summed E-state index contributed by atoms with van der Waals surface area (Å²) in [4.78, 5) is 16.0. The molecule has 1 amide bonds. The zero-order chi connectivity index (χ0) is 16.4. The highest BCUT2D eigenvalue weighted by Crippen LogP contribution is 2.29. The average molecular weight is 337 g/mol. The number of amides is 1. The van der Waals surface area contributed by atoms with E-state index in [1.54, 1.807) is 17.5 Å². The van der Waals surface area contributed by atoms with Crippen molar-refractivity contribution in [2.75, 3.05) is 0 Å². The zero-order valence-corrected chi connectivity index (χ0v) is 14.2. The molecule has 1 saturated carbocycles. The summed E-state index contributed by atoms with van der Waals surface area (Å²) in [6.07, 6.45) is 6.40. The first-order chi connectivity index (χ1) is 11.8. The van der Waals surface area contributed by atoms with Crippen LogP contribution in [0.3, 0.4) is 0 Å². The lowest BCUT2D eigenvalue weighted by molar-refractivity contribution is -0.131. The fourth-order valence-corrected chi connectivity index (χ4v) is 3.53. The molecule has 0 atom stereocenters. The van der Waals surface area contributed by atoms with E-state index in [0.717, 1.165) is 30.6 Å². The van der Waals surface area contributed by atoms with Crippen molar-refractivity contribution in [3.05, 3.63) is 70.7 Å². The summed E-state index contributed by atoms with van der Waals surface area (Å²) in [6, 6.07) is 14.5. The van der Waals surface area contributed by atoms with Crippen LogP contribution in [0, 0.1) is 0 Å². The molecule has 0 unspecified atom stereocenters. The molecule has 1 fully saturated rings. The van der Waals surface area contributed by atoms with E-state index in [2.05, 4.69) is 16.5 Å². The van der Waals surface area contributed by atoms with E-state index >= 15 is 0 Å². The predicted octanol–water partition coefficient (Wildman–Crippen LogP) is 3.67. The number of benzene rings is 1. The van der Waals surface area contributed by atoms with E-state index in [4.69, 9.17) is 0 Å². The number of aromatic nitrogens is 2. The Balaban J connectivity index is 1.46. The average Bonchev–Trinajstić information content (AvgIpc) is 3.11. The minimum absolute atomic E-state index is 0.193. The number of hydrogen-bond donors (Lipinski definition) is 0. The molecule has 2 aromatic heterocycles. The van der Waals surface area contributed by atoms with Gasteiger partial charge >= 0.3 is 0 Å². The number of rotatable bonds is 6. The Bertz CT molecular complexity index is 806. The Kier molecular flexibility index (Phi) is 4.17. The predicted molar refractivity (Wildman–Crippen MR) is 95.2 cm³/mol. The third-order valence-corrected chi connectivity index (χ3v) is 5.09. The lowest BCUT2D eigenvalue weighted by Crippen LogP contribution is -2.33. The van der Waals surface area contributed by atoms with Crippen molar-refractivity contribution in [1.82, 2.24) is 14.7 Å². The van der Waals surface area contributed by atoms with Gasteiger partial charge in [-0.1, -0.05) is 24.3 Å². The van der Waals surface area contributed by atoms with Crippen LogP contribution in [0.15, 0.2) is 60.2 Å². The number of nitrogens with zero attached hydrogens (tertiary/aromatic N) is 3. The van der Waals surface area contributed by atoms with E-state index in [1.165, 1.54) is 4.88 Å². The van der Waals surface area contributed by atoms with Gasteiger partial charge in [-0.2, -0.15) is 5.10 Å². The smallest absolute Gasteiger partial charge is 0.227 e. The van der Waals surface area contributed by atoms with Crippen molar-refractivity contribution in [1.29, 1.82) is 0 Å². The first kappa shape index (κ1) is 15.1. The van der Waals surface area contributed by atoms with E-state index in [0.29, 0.717) is 12.5 Å². The maximum atomic E-state index is 12.8. The van der Waals surface area contributed by atoms with Gasteiger partial charge in [0.15, 0.2) is 0 Å². The van der Waals surface area contributed by atoms with Crippen LogP contribution in [0.2, 0.25) is 0 Å². The van der Waals surface area contributed by atoms with E-state index < -0.39 is 0 Å². The zero-order valence-electron chi connectivity index (χ0n) is 13.3. The molecule has 0 radical (unpaired) electrons. The van der Waals surface area contributed by atoms with Crippen molar-refractivity contribution in [2.45, 2.75) is 31.8 Å². The largest absolute Gasteiger partial charge is 0.334 e. The molecule has 2 heterocycles. The van der Waals surface area contributed by atoms with Crippen LogP contribution < -0.4 is 0 Å². The lowest BCUT2D eigenvalue weighted by Gasteiger charge is -2.21. The summed E-state index contributed by atoms with van der Waals surface area (Å²) >= 11 is 1.71. The summed E-state index contributed by atoms with van der Waals surface area (Å²) in [7, 11) is 0. The summed E-state index contributed by atoms with van der Waals surface area (Å²) in [5.74, 6) is 0.193. The number of para-hydroxylation sites is 1. The van der Waals surface area contributed by atoms with Gasteiger partial charge < -0.3 is 4.90 Å². The topological polar surface area (TPSA) is 38.1 Å². The number of thiophene rings is 1. The second-order valence-corrected chi connectivity index (χ2v) is 7.17. The molecule has 5 heteroatoms. The third kappa shape index (κ3) is 3.41. The van der Waals surface area contributed by atoms with Gasteiger partial charge in [0, 0.05) is 17.1 Å². The summed E-state index contributed by atoms with van der Waals surface area (Å²) < 4.78 is 1.82. The van der Waals surface area contributed by atoms with E-state index in [1.807, 2.05) is 52.2 Å². The van der Waals surface area contributed by atoms with Crippen molar-refractivity contribution < 1.29 is 4.79 Å². The van der Waals surface area contributed by atoms with Gasteiger partial charge in [-0.25, -0.2) is 4.68 Å². The molecule has 0 saturated heterocycles. The van der Waals surface area contributed by atoms with Gasteiger partial charge in [0.05, 0.1) is 24.8 Å². The maximum absolute atomic E-state index is 12.8. The summed E-state index contributed by atoms with van der Waals surface area (Å²) in [6.45, 7) is 0.730. The van der Waals surface area contributed by atoms with E-state index in [-0.39, 0.29) is 5.91 Å². The van der Waals surface area contributed by atoms with Crippen LogP contribution in [0.5, 0.6) is 0 Å². The van der Waals surface area contributed by atoms with Gasteiger partial charge in [0.25, 0.3) is 0 Å². The first-order valence-corrected chi connectivity index (χ1v) is 9.08. The van der Waals surface area contributed by atoms with Crippen LogP contribution >= 0.6 is 11.3 Å². The van der Waals surface area contributed by atoms with Crippen molar-refractivity contribution in [3.8, 4) is 5.69 Å². The van der Waals surface area contributed by atoms with E-state index in [9.17, 15) is 4.79 Å². The quantitative estimate of drug-likeness (QED) is 0.688. The second kappa shape index (κ2) is 6.61. The van der Waals surface area contributed by atoms with Gasteiger partial charge in [-0.05, 0) is 42.0 Å². The number of carbonyl (C=O) groups excluding carboxylic acids is 1. The van der Waals surface area contributed by atoms with Crippen LogP contribution in [0.25, 0.3) is 5.69 Å². The van der Waals surface area contributed by atoms with Crippen molar-refractivity contribution >= 4 is 17.2 Å². The normalized spacial score (nSPS) is 13.8.